The van der Waals surface area contributed by atoms with E-state index in [1.165, 1.54) is 17.7 Å². The van der Waals surface area contributed by atoms with Crippen molar-refractivity contribution >= 4 is 11.8 Å². The molecule has 13 heteroatoms. The van der Waals surface area contributed by atoms with Crippen molar-refractivity contribution in [2.24, 2.45) is 0 Å². The molecule has 0 N–H and O–H groups in total. The van der Waals surface area contributed by atoms with E-state index in [-0.39, 0.29) is 25.0 Å². The summed E-state index contributed by atoms with van der Waals surface area (Å²) >= 11 is 0. The van der Waals surface area contributed by atoms with Crippen LogP contribution >= 0.6 is 0 Å². The zero-order valence-electron chi connectivity index (χ0n) is 27.6. The maximum Gasteiger partial charge on any atom is 0.261 e. The van der Waals surface area contributed by atoms with Gasteiger partial charge in [-0.1, -0.05) is 31.9 Å². The van der Waals surface area contributed by atoms with E-state index in [0.717, 1.165) is 13.0 Å². The summed E-state index contributed by atoms with van der Waals surface area (Å²) in [6.07, 6.45) is 3.53. The first kappa shape index (κ1) is 40.1. The summed E-state index contributed by atoms with van der Waals surface area (Å²) in [6.45, 7) is 12.5. The zero-order valence-corrected chi connectivity index (χ0v) is 27.6. The number of carbonyl (C=O) groups excluding carboxylic acids is 2. The first-order valence-electron chi connectivity index (χ1n) is 16.5. The van der Waals surface area contributed by atoms with Crippen LogP contribution in [0.15, 0.2) is 24.3 Å². The number of imide groups is 1. The van der Waals surface area contributed by atoms with Gasteiger partial charge >= 0.3 is 0 Å². The fourth-order valence-corrected chi connectivity index (χ4v) is 4.13. The highest BCUT2D eigenvalue weighted by molar-refractivity contribution is 6.21. The molecule has 0 saturated carbocycles. The summed E-state index contributed by atoms with van der Waals surface area (Å²) in [5.41, 5.74) is 0.888. The summed E-state index contributed by atoms with van der Waals surface area (Å²) in [5.74, 6) is -0.551. The van der Waals surface area contributed by atoms with Crippen molar-refractivity contribution in [2.45, 2.75) is 26.2 Å². The van der Waals surface area contributed by atoms with E-state index < -0.39 is 0 Å². The molecule has 1 heterocycles. The van der Waals surface area contributed by atoms with Crippen LogP contribution in [0.1, 0.15) is 46.9 Å². The fraction of sp³-hybridized carbons (Fsp3) is 0.758. The third-order valence-corrected chi connectivity index (χ3v) is 6.58. The van der Waals surface area contributed by atoms with Gasteiger partial charge in [0.15, 0.2) is 0 Å². The van der Waals surface area contributed by atoms with E-state index in [2.05, 4.69) is 6.92 Å². The third kappa shape index (κ3) is 19.6. The number of hydrogen-bond donors (Lipinski definition) is 0. The maximum absolute atomic E-state index is 12.3. The van der Waals surface area contributed by atoms with Crippen LogP contribution in [0.5, 0.6) is 0 Å². The monoisotopic (exact) mass is 657 g/mol. The lowest BCUT2D eigenvalue weighted by molar-refractivity contribution is -0.0265. The predicted molar refractivity (Wildman–Crippen MR) is 170 cm³/mol. The van der Waals surface area contributed by atoms with E-state index >= 15 is 0 Å². The normalized spacial score (nSPS) is 12.8. The van der Waals surface area contributed by atoms with Crippen LogP contribution in [-0.2, 0) is 47.4 Å². The minimum atomic E-state index is -0.275. The van der Waals surface area contributed by atoms with Crippen molar-refractivity contribution in [3.63, 3.8) is 0 Å². The number of amides is 2. The number of hydrogen-bond acceptors (Lipinski definition) is 12. The van der Waals surface area contributed by atoms with E-state index in [9.17, 15) is 9.59 Å². The van der Waals surface area contributed by atoms with E-state index in [4.69, 9.17) is 47.4 Å². The Morgan fingerprint density at radius 2 is 0.696 bits per heavy atom. The molecule has 46 heavy (non-hydrogen) atoms. The maximum atomic E-state index is 12.3. The molecule has 0 fully saturated rings. The Hall–Kier alpha value is -2.04. The molecular formula is C33H55NO12. The van der Waals surface area contributed by atoms with Gasteiger partial charge in [0.05, 0.1) is 143 Å². The Bertz CT molecular complexity index is 855. The van der Waals surface area contributed by atoms with E-state index in [1.807, 2.05) is 0 Å². The number of benzene rings is 1. The molecule has 0 unspecified atom stereocenters. The van der Waals surface area contributed by atoms with Crippen LogP contribution in [0.25, 0.3) is 0 Å². The van der Waals surface area contributed by atoms with Crippen LogP contribution in [-0.4, -0.2) is 155 Å². The lowest BCUT2D eigenvalue weighted by atomic mass is 10.1. The van der Waals surface area contributed by atoms with Crippen molar-refractivity contribution in [1.29, 1.82) is 0 Å². The Morgan fingerprint density at radius 3 is 1.00 bits per heavy atom. The average Bonchev–Trinajstić information content (AvgIpc) is 3.31. The van der Waals surface area contributed by atoms with Gasteiger partial charge in [0, 0.05) is 6.61 Å². The Labute approximate surface area is 273 Å². The number of rotatable bonds is 34. The van der Waals surface area contributed by atoms with Crippen molar-refractivity contribution < 1.29 is 57.0 Å². The molecule has 264 valence electrons. The summed E-state index contributed by atoms with van der Waals surface area (Å²) in [4.78, 5) is 25.8. The number of carbonyl (C=O) groups is 2. The summed E-state index contributed by atoms with van der Waals surface area (Å²) < 4.78 is 54.7. The van der Waals surface area contributed by atoms with Crippen molar-refractivity contribution in [3.05, 3.63) is 35.4 Å². The standard InChI is InChI=1S/C33H55NO12/c1-2-3-6-10-37-12-14-39-16-18-41-20-22-43-24-26-45-28-29-46-27-25-44-23-21-42-19-17-40-15-13-38-11-9-34-32(35)30-7-4-5-8-31(30)33(34)36/h4-5,7-8H,2-3,6,9-29H2,1H3. The summed E-state index contributed by atoms with van der Waals surface area (Å²) in [7, 11) is 0. The molecule has 2 rings (SSSR count). The quantitative estimate of drug-likeness (QED) is 0.0798. The number of fused-ring (bicyclic) bond motifs is 1. The fourth-order valence-electron chi connectivity index (χ4n) is 4.13. The van der Waals surface area contributed by atoms with Crippen LogP contribution in [0.3, 0.4) is 0 Å². The average molecular weight is 658 g/mol. The molecule has 0 aromatic heterocycles. The highest BCUT2D eigenvalue weighted by Gasteiger charge is 2.34. The van der Waals surface area contributed by atoms with Crippen LogP contribution in [0, 0.1) is 0 Å². The molecule has 0 radical (unpaired) electrons. The van der Waals surface area contributed by atoms with Gasteiger partial charge in [-0.2, -0.15) is 0 Å². The Balaban J connectivity index is 1.18. The molecule has 0 aliphatic carbocycles. The SMILES string of the molecule is CCCCCOCCOCCOCCOCCOCCOCCOCCOCCOCCOCCN1C(=O)c2ccccc2C1=O. The number of ether oxygens (including phenoxy) is 10. The zero-order chi connectivity index (χ0) is 32.8. The van der Waals surface area contributed by atoms with Gasteiger partial charge < -0.3 is 47.4 Å². The lowest BCUT2D eigenvalue weighted by Crippen LogP contribution is -2.33. The second kappa shape index (κ2) is 29.1. The van der Waals surface area contributed by atoms with Gasteiger partial charge in [0.2, 0.25) is 0 Å². The molecule has 1 aliphatic heterocycles. The molecule has 13 nitrogen and oxygen atoms in total. The molecule has 0 spiro atoms. The molecule has 0 saturated heterocycles. The highest BCUT2D eigenvalue weighted by atomic mass is 16.6. The van der Waals surface area contributed by atoms with Crippen LogP contribution < -0.4 is 0 Å². The molecule has 1 aromatic carbocycles. The van der Waals surface area contributed by atoms with Crippen molar-refractivity contribution in [2.75, 3.05) is 139 Å². The minimum Gasteiger partial charge on any atom is -0.379 e. The lowest BCUT2D eigenvalue weighted by Gasteiger charge is -2.13. The Kier molecular flexibility index (Phi) is 25.4. The molecule has 2 amide bonds. The molecule has 1 aromatic rings. The smallest absolute Gasteiger partial charge is 0.261 e. The number of unbranched alkanes of at least 4 members (excludes halogenated alkanes) is 2. The molecule has 0 bridgehead atoms. The second-order valence-corrected chi connectivity index (χ2v) is 10.1. The molecule has 0 atom stereocenters. The van der Waals surface area contributed by atoms with Gasteiger partial charge in [0.1, 0.15) is 0 Å². The summed E-state index contributed by atoms with van der Waals surface area (Å²) in [5, 5.41) is 0. The molecule has 1 aliphatic rings. The third-order valence-electron chi connectivity index (χ3n) is 6.58. The Morgan fingerprint density at radius 1 is 0.413 bits per heavy atom. The minimum absolute atomic E-state index is 0.217. The first-order valence-corrected chi connectivity index (χ1v) is 16.5. The van der Waals surface area contributed by atoms with Gasteiger partial charge in [-0.25, -0.2) is 0 Å². The highest BCUT2D eigenvalue weighted by Crippen LogP contribution is 2.21. The van der Waals surface area contributed by atoms with Crippen LogP contribution in [0.4, 0.5) is 0 Å². The van der Waals surface area contributed by atoms with Gasteiger partial charge in [0.25, 0.3) is 11.8 Å². The topological polar surface area (TPSA) is 130 Å². The van der Waals surface area contributed by atoms with Crippen LogP contribution in [0.2, 0.25) is 0 Å². The van der Waals surface area contributed by atoms with Crippen molar-refractivity contribution in [1.82, 2.24) is 4.90 Å². The second-order valence-electron chi connectivity index (χ2n) is 10.1. The van der Waals surface area contributed by atoms with Crippen molar-refractivity contribution in [3.8, 4) is 0 Å². The van der Waals surface area contributed by atoms with E-state index in [0.29, 0.717) is 130 Å². The number of nitrogens with zero attached hydrogens (tertiary/aromatic N) is 1. The first-order chi connectivity index (χ1) is 22.8. The summed E-state index contributed by atoms with van der Waals surface area (Å²) in [6, 6.07) is 6.82. The van der Waals surface area contributed by atoms with Gasteiger partial charge in [-0.15, -0.1) is 0 Å². The van der Waals surface area contributed by atoms with Gasteiger partial charge in [-0.05, 0) is 18.6 Å². The predicted octanol–water partition coefficient (Wildman–Crippen LogP) is 2.64. The van der Waals surface area contributed by atoms with Gasteiger partial charge in [-0.3, -0.25) is 14.5 Å². The largest absolute Gasteiger partial charge is 0.379 e. The molecular weight excluding hydrogens is 602 g/mol. The van der Waals surface area contributed by atoms with E-state index in [1.54, 1.807) is 24.3 Å².